The maximum Gasteiger partial charge on any atom is 0.317 e. The van der Waals surface area contributed by atoms with Gasteiger partial charge >= 0.3 is 6.03 Å². The summed E-state index contributed by atoms with van der Waals surface area (Å²) in [5, 5.41) is 3.14. The summed E-state index contributed by atoms with van der Waals surface area (Å²) >= 11 is 0. The van der Waals surface area contributed by atoms with Crippen molar-refractivity contribution in [1.82, 2.24) is 15.1 Å². The van der Waals surface area contributed by atoms with Gasteiger partial charge in [0.2, 0.25) is 0 Å². The smallest absolute Gasteiger partial charge is 0.317 e. The van der Waals surface area contributed by atoms with Gasteiger partial charge in [0.1, 0.15) is 0 Å². The van der Waals surface area contributed by atoms with Crippen molar-refractivity contribution in [2.75, 3.05) is 13.1 Å². The average Bonchev–Trinajstić information content (AvgIpc) is 2.94. The molecule has 0 aromatic heterocycles. The number of likely N-dealkylation sites (tertiary alicyclic amines) is 1. The van der Waals surface area contributed by atoms with E-state index >= 15 is 0 Å². The van der Waals surface area contributed by atoms with E-state index < -0.39 is 0 Å². The Bertz CT molecular complexity index is 684. The maximum absolute atomic E-state index is 12.6. The fourth-order valence-electron chi connectivity index (χ4n) is 4.38. The fourth-order valence-corrected chi connectivity index (χ4v) is 4.38. The molecule has 2 aliphatic heterocycles. The van der Waals surface area contributed by atoms with Crippen LogP contribution in [-0.2, 0) is 0 Å². The number of imide groups is 1. The second-order valence-corrected chi connectivity index (χ2v) is 7.53. The summed E-state index contributed by atoms with van der Waals surface area (Å²) in [6.07, 6.45) is 7.05. The van der Waals surface area contributed by atoms with Crippen LogP contribution in [-0.4, -0.2) is 52.8 Å². The molecule has 1 aromatic rings. The number of fused-ring (bicyclic) bond motifs is 1. The van der Waals surface area contributed by atoms with Crippen LogP contribution in [0.1, 0.15) is 65.7 Å². The van der Waals surface area contributed by atoms with Gasteiger partial charge in [-0.25, -0.2) is 4.79 Å². The molecule has 1 aliphatic carbocycles. The molecular weight excluding hydrogens is 330 g/mol. The first-order valence-electron chi connectivity index (χ1n) is 9.67. The Morgan fingerprint density at radius 3 is 2.04 bits per heavy atom. The summed E-state index contributed by atoms with van der Waals surface area (Å²) in [4.78, 5) is 40.9. The Balaban J connectivity index is 1.35. The van der Waals surface area contributed by atoms with Gasteiger partial charge in [0.05, 0.1) is 11.1 Å². The lowest BCUT2D eigenvalue weighted by atomic mass is 9.95. The predicted molar refractivity (Wildman–Crippen MR) is 96.9 cm³/mol. The molecule has 0 unspecified atom stereocenters. The largest absolute Gasteiger partial charge is 0.335 e. The minimum Gasteiger partial charge on any atom is -0.335 e. The summed E-state index contributed by atoms with van der Waals surface area (Å²) < 4.78 is 0. The quantitative estimate of drug-likeness (QED) is 0.830. The monoisotopic (exact) mass is 355 g/mol. The van der Waals surface area contributed by atoms with Gasteiger partial charge in [0.25, 0.3) is 11.8 Å². The number of hydrogen-bond acceptors (Lipinski definition) is 3. The molecule has 1 saturated heterocycles. The topological polar surface area (TPSA) is 69.7 Å². The van der Waals surface area contributed by atoms with Crippen LogP contribution in [0.2, 0.25) is 0 Å². The number of benzene rings is 1. The molecule has 0 radical (unpaired) electrons. The zero-order valence-corrected chi connectivity index (χ0v) is 14.9. The van der Waals surface area contributed by atoms with Crippen molar-refractivity contribution in [3.63, 3.8) is 0 Å². The zero-order valence-electron chi connectivity index (χ0n) is 14.9. The van der Waals surface area contributed by atoms with Crippen LogP contribution >= 0.6 is 0 Å². The Morgan fingerprint density at radius 1 is 0.885 bits per heavy atom. The molecule has 6 heteroatoms. The SMILES string of the molecule is O=C(NC1CCCCC1)N1CCC(N2C(=O)c3ccccc3C2=O)CC1. The maximum atomic E-state index is 12.6. The molecule has 1 aromatic carbocycles. The molecule has 0 bridgehead atoms. The summed E-state index contributed by atoms with van der Waals surface area (Å²) in [7, 11) is 0. The van der Waals surface area contributed by atoms with Crippen LogP contribution < -0.4 is 5.32 Å². The summed E-state index contributed by atoms with van der Waals surface area (Å²) in [5.74, 6) is -0.397. The van der Waals surface area contributed by atoms with E-state index in [1.165, 1.54) is 24.2 Å². The molecule has 2 heterocycles. The lowest BCUT2D eigenvalue weighted by Gasteiger charge is -2.36. The number of nitrogens with one attached hydrogen (secondary N) is 1. The summed E-state index contributed by atoms with van der Waals surface area (Å²) in [6, 6.07) is 7.16. The third-order valence-corrected chi connectivity index (χ3v) is 5.88. The van der Waals surface area contributed by atoms with E-state index in [0.29, 0.717) is 43.1 Å². The highest BCUT2D eigenvalue weighted by Crippen LogP contribution is 2.28. The Morgan fingerprint density at radius 2 is 1.46 bits per heavy atom. The zero-order chi connectivity index (χ0) is 18.1. The second kappa shape index (κ2) is 7.09. The van der Waals surface area contributed by atoms with Crippen LogP contribution in [0, 0.1) is 0 Å². The molecule has 4 amide bonds. The number of piperidine rings is 1. The van der Waals surface area contributed by atoms with Crippen molar-refractivity contribution >= 4 is 17.8 Å². The fraction of sp³-hybridized carbons (Fsp3) is 0.550. The van der Waals surface area contributed by atoms with Crippen LogP contribution in [0.5, 0.6) is 0 Å². The molecule has 26 heavy (non-hydrogen) atoms. The van der Waals surface area contributed by atoms with Crippen LogP contribution in [0.3, 0.4) is 0 Å². The van der Waals surface area contributed by atoms with Gasteiger partial charge in [-0.1, -0.05) is 31.4 Å². The molecule has 138 valence electrons. The van der Waals surface area contributed by atoms with E-state index in [1.807, 2.05) is 4.90 Å². The molecule has 6 nitrogen and oxygen atoms in total. The number of urea groups is 1. The van der Waals surface area contributed by atoms with Gasteiger partial charge in [-0.05, 0) is 37.8 Å². The van der Waals surface area contributed by atoms with E-state index in [9.17, 15) is 14.4 Å². The number of amides is 4. The van der Waals surface area contributed by atoms with Crippen LogP contribution in [0.25, 0.3) is 0 Å². The van der Waals surface area contributed by atoms with Crippen molar-refractivity contribution in [3.05, 3.63) is 35.4 Å². The molecule has 3 aliphatic rings. The first-order chi connectivity index (χ1) is 12.6. The average molecular weight is 355 g/mol. The van der Waals surface area contributed by atoms with Gasteiger partial charge < -0.3 is 10.2 Å². The van der Waals surface area contributed by atoms with E-state index in [1.54, 1.807) is 24.3 Å². The minimum atomic E-state index is -0.198. The number of carbonyl (C=O) groups is 3. The summed E-state index contributed by atoms with van der Waals surface area (Å²) in [6.45, 7) is 1.16. The van der Waals surface area contributed by atoms with Crippen molar-refractivity contribution in [2.45, 2.75) is 57.0 Å². The molecular formula is C20H25N3O3. The Kier molecular flexibility index (Phi) is 4.66. The Labute approximate surface area is 153 Å². The molecule has 2 fully saturated rings. The highest BCUT2D eigenvalue weighted by molar-refractivity contribution is 6.21. The van der Waals surface area contributed by atoms with Gasteiger partial charge in [0.15, 0.2) is 0 Å². The van der Waals surface area contributed by atoms with Crippen molar-refractivity contribution in [1.29, 1.82) is 0 Å². The van der Waals surface area contributed by atoms with Crippen molar-refractivity contribution in [2.24, 2.45) is 0 Å². The van der Waals surface area contributed by atoms with E-state index in [2.05, 4.69) is 5.32 Å². The lowest BCUT2D eigenvalue weighted by Crippen LogP contribution is -2.52. The molecule has 4 rings (SSSR count). The highest BCUT2D eigenvalue weighted by Gasteiger charge is 2.41. The van der Waals surface area contributed by atoms with E-state index in [4.69, 9.17) is 0 Å². The predicted octanol–water partition coefficient (Wildman–Crippen LogP) is 2.79. The first kappa shape index (κ1) is 17.1. The normalized spacial score (nSPS) is 21.8. The standard InChI is InChI=1S/C20H25N3O3/c24-18-16-8-4-5-9-17(16)19(25)23(18)15-10-12-22(13-11-15)20(26)21-14-6-2-1-3-7-14/h4-5,8-9,14-15H,1-3,6-7,10-13H2,(H,21,26). The molecule has 0 spiro atoms. The first-order valence-corrected chi connectivity index (χ1v) is 9.67. The molecule has 1 N–H and O–H groups in total. The molecule has 0 atom stereocenters. The third-order valence-electron chi connectivity index (χ3n) is 5.88. The van der Waals surface area contributed by atoms with Crippen LogP contribution in [0.15, 0.2) is 24.3 Å². The lowest BCUT2D eigenvalue weighted by molar-refractivity contribution is 0.0521. The number of hydrogen-bond donors (Lipinski definition) is 1. The van der Waals surface area contributed by atoms with E-state index in [-0.39, 0.29) is 23.9 Å². The van der Waals surface area contributed by atoms with Crippen molar-refractivity contribution in [3.8, 4) is 0 Å². The van der Waals surface area contributed by atoms with Gasteiger partial charge in [-0.15, -0.1) is 0 Å². The highest BCUT2D eigenvalue weighted by atomic mass is 16.2. The van der Waals surface area contributed by atoms with Gasteiger partial charge in [-0.3, -0.25) is 14.5 Å². The minimum absolute atomic E-state index is 0.00212. The number of rotatable bonds is 2. The van der Waals surface area contributed by atoms with Gasteiger partial charge in [0, 0.05) is 25.2 Å². The second-order valence-electron chi connectivity index (χ2n) is 7.53. The third kappa shape index (κ3) is 3.08. The van der Waals surface area contributed by atoms with Crippen LogP contribution in [0.4, 0.5) is 4.79 Å². The number of nitrogens with zero attached hydrogens (tertiary/aromatic N) is 2. The van der Waals surface area contributed by atoms with E-state index in [0.717, 1.165) is 12.8 Å². The van der Waals surface area contributed by atoms with Gasteiger partial charge in [-0.2, -0.15) is 0 Å². The summed E-state index contributed by atoms with van der Waals surface area (Å²) in [5.41, 5.74) is 0.991. The Hall–Kier alpha value is -2.37. The van der Waals surface area contributed by atoms with Crippen molar-refractivity contribution < 1.29 is 14.4 Å². The molecule has 1 saturated carbocycles. The number of carbonyl (C=O) groups excluding carboxylic acids is 3.